The van der Waals surface area contributed by atoms with Crippen LogP contribution in [-0.4, -0.2) is 26.2 Å². The smallest absolute Gasteiger partial charge is 0.338 e. The third-order valence-corrected chi connectivity index (χ3v) is 2.89. The van der Waals surface area contributed by atoms with Crippen molar-refractivity contribution in [2.24, 2.45) is 0 Å². The van der Waals surface area contributed by atoms with E-state index in [0.29, 0.717) is 5.69 Å². The first-order chi connectivity index (χ1) is 9.99. The van der Waals surface area contributed by atoms with Crippen molar-refractivity contribution in [2.75, 3.05) is 5.32 Å². The van der Waals surface area contributed by atoms with E-state index in [4.69, 9.17) is 16.7 Å². The van der Waals surface area contributed by atoms with Gasteiger partial charge in [-0.3, -0.25) is 10.1 Å². The molecule has 0 fully saturated rings. The minimum atomic E-state index is -1.32. The lowest BCUT2D eigenvalue weighted by Crippen LogP contribution is -2.09. The summed E-state index contributed by atoms with van der Waals surface area (Å²) in [7, 11) is 0. The summed E-state index contributed by atoms with van der Waals surface area (Å²) in [5.74, 6) is -1.32. The Morgan fingerprint density at radius 2 is 2.24 bits per heavy atom. The van der Waals surface area contributed by atoms with E-state index in [2.05, 4.69) is 15.5 Å². The lowest BCUT2D eigenvalue weighted by Gasteiger charge is -2.11. The molecule has 1 aromatic carbocycles. The number of non-ortho nitro benzene ring substituents is 1. The van der Waals surface area contributed by atoms with Gasteiger partial charge in [0, 0.05) is 18.3 Å². The second kappa shape index (κ2) is 6.14. The van der Waals surface area contributed by atoms with Gasteiger partial charge in [0.05, 0.1) is 33.4 Å². The monoisotopic (exact) mass is 308 g/mol. The van der Waals surface area contributed by atoms with Crippen LogP contribution in [-0.2, 0) is 6.54 Å². The molecular formula is C12H9ClN4O4. The van der Waals surface area contributed by atoms with E-state index < -0.39 is 10.9 Å². The number of hydrogen-bond acceptors (Lipinski definition) is 6. The summed E-state index contributed by atoms with van der Waals surface area (Å²) >= 11 is 5.92. The number of aromatic nitrogens is 2. The van der Waals surface area contributed by atoms with Gasteiger partial charge >= 0.3 is 5.97 Å². The second-order valence-corrected chi connectivity index (χ2v) is 4.39. The Hall–Kier alpha value is -2.74. The molecule has 0 saturated carbocycles. The third-order valence-electron chi connectivity index (χ3n) is 2.59. The summed E-state index contributed by atoms with van der Waals surface area (Å²) in [5, 5.41) is 30.2. The summed E-state index contributed by atoms with van der Waals surface area (Å²) in [5.41, 5.74) is 0.00391. The van der Waals surface area contributed by atoms with Gasteiger partial charge in [-0.1, -0.05) is 11.6 Å². The lowest BCUT2D eigenvalue weighted by molar-refractivity contribution is -0.384. The van der Waals surface area contributed by atoms with Crippen molar-refractivity contribution in [3.05, 3.63) is 56.9 Å². The molecule has 0 unspecified atom stereocenters. The fraction of sp³-hybridized carbons (Fsp3) is 0.0833. The number of nitrogens with one attached hydrogen (secondary N) is 1. The predicted molar refractivity (Wildman–Crippen MR) is 74.4 cm³/mol. The van der Waals surface area contributed by atoms with Crippen LogP contribution in [0.4, 0.5) is 11.4 Å². The van der Waals surface area contributed by atoms with Gasteiger partial charge in [-0.2, -0.15) is 10.2 Å². The van der Waals surface area contributed by atoms with Gasteiger partial charge in [0.15, 0.2) is 0 Å². The molecule has 0 atom stereocenters. The van der Waals surface area contributed by atoms with Crippen molar-refractivity contribution in [1.82, 2.24) is 10.2 Å². The zero-order valence-corrected chi connectivity index (χ0v) is 11.2. The number of halogens is 1. The van der Waals surface area contributed by atoms with Gasteiger partial charge in [0.2, 0.25) is 0 Å². The summed E-state index contributed by atoms with van der Waals surface area (Å²) in [6.07, 6.45) is 1.50. The number of hydrogen-bond donors (Lipinski definition) is 2. The zero-order chi connectivity index (χ0) is 15.4. The SMILES string of the molecule is O=C(O)c1cc([N+](=O)[O-])cc(Cl)c1NCc1cccnn1. The van der Waals surface area contributed by atoms with Gasteiger partial charge in [-0.25, -0.2) is 4.79 Å². The molecule has 21 heavy (non-hydrogen) atoms. The Morgan fingerprint density at radius 3 is 2.81 bits per heavy atom. The van der Waals surface area contributed by atoms with Crippen LogP contribution in [0.25, 0.3) is 0 Å². The Balaban J connectivity index is 2.34. The molecule has 0 amide bonds. The number of nitro benzene ring substituents is 1. The fourth-order valence-electron chi connectivity index (χ4n) is 1.65. The van der Waals surface area contributed by atoms with E-state index >= 15 is 0 Å². The number of nitro groups is 1. The molecule has 0 aliphatic rings. The molecule has 0 saturated heterocycles. The quantitative estimate of drug-likeness (QED) is 0.642. The Labute approximate surface area is 123 Å². The molecule has 8 nitrogen and oxygen atoms in total. The first kappa shape index (κ1) is 14.7. The third kappa shape index (κ3) is 3.42. The molecule has 0 bridgehead atoms. The molecule has 2 N–H and O–H groups in total. The average Bonchev–Trinajstić information content (AvgIpc) is 2.46. The number of carboxylic acid groups (broad SMARTS) is 1. The molecule has 0 radical (unpaired) electrons. The van der Waals surface area contributed by atoms with Crippen LogP contribution in [0.1, 0.15) is 16.1 Å². The van der Waals surface area contributed by atoms with Crippen molar-refractivity contribution in [2.45, 2.75) is 6.54 Å². The maximum Gasteiger partial charge on any atom is 0.338 e. The van der Waals surface area contributed by atoms with Crippen LogP contribution in [0.3, 0.4) is 0 Å². The van der Waals surface area contributed by atoms with Crippen molar-refractivity contribution in [3.8, 4) is 0 Å². The highest BCUT2D eigenvalue weighted by atomic mass is 35.5. The molecule has 2 aromatic rings. The van der Waals surface area contributed by atoms with E-state index in [1.54, 1.807) is 12.1 Å². The van der Waals surface area contributed by atoms with Crippen LogP contribution in [0.15, 0.2) is 30.5 Å². The van der Waals surface area contributed by atoms with Gasteiger partial charge in [-0.05, 0) is 12.1 Å². The van der Waals surface area contributed by atoms with Crippen LogP contribution >= 0.6 is 11.6 Å². The van der Waals surface area contributed by atoms with Gasteiger partial charge < -0.3 is 10.4 Å². The molecule has 0 aliphatic carbocycles. The maximum absolute atomic E-state index is 11.2. The normalized spacial score (nSPS) is 10.1. The summed E-state index contributed by atoms with van der Waals surface area (Å²) in [6, 6.07) is 5.42. The molecule has 108 valence electrons. The lowest BCUT2D eigenvalue weighted by atomic mass is 10.1. The number of rotatable bonds is 5. The molecule has 1 heterocycles. The average molecular weight is 309 g/mol. The van der Waals surface area contributed by atoms with Crippen molar-refractivity contribution in [1.29, 1.82) is 0 Å². The highest BCUT2D eigenvalue weighted by Gasteiger charge is 2.20. The number of anilines is 1. The molecule has 0 aliphatic heterocycles. The largest absolute Gasteiger partial charge is 0.478 e. The minimum Gasteiger partial charge on any atom is -0.478 e. The molecule has 2 rings (SSSR count). The van der Waals surface area contributed by atoms with E-state index in [9.17, 15) is 14.9 Å². The van der Waals surface area contributed by atoms with Crippen LogP contribution in [0.5, 0.6) is 0 Å². The fourth-order valence-corrected chi connectivity index (χ4v) is 1.93. The number of aromatic carboxylic acids is 1. The topological polar surface area (TPSA) is 118 Å². The molecule has 0 spiro atoms. The van der Waals surface area contributed by atoms with Crippen LogP contribution < -0.4 is 5.32 Å². The number of carboxylic acids is 1. The Bertz CT molecular complexity index is 693. The summed E-state index contributed by atoms with van der Waals surface area (Å²) in [6.45, 7) is 0.186. The number of benzene rings is 1. The van der Waals surface area contributed by atoms with E-state index in [-0.39, 0.29) is 28.5 Å². The summed E-state index contributed by atoms with van der Waals surface area (Å²) < 4.78 is 0. The minimum absolute atomic E-state index is 0.0505. The van der Waals surface area contributed by atoms with E-state index in [1.165, 1.54) is 6.20 Å². The highest BCUT2D eigenvalue weighted by molar-refractivity contribution is 6.34. The highest BCUT2D eigenvalue weighted by Crippen LogP contribution is 2.31. The maximum atomic E-state index is 11.2. The van der Waals surface area contributed by atoms with Crippen LogP contribution in [0, 0.1) is 10.1 Å². The summed E-state index contributed by atoms with van der Waals surface area (Å²) in [4.78, 5) is 21.2. The zero-order valence-electron chi connectivity index (χ0n) is 10.5. The van der Waals surface area contributed by atoms with E-state index in [0.717, 1.165) is 12.1 Å². The van der Waals surface area contributed by atoms with Crippen LogP contribution in [0.2, 0.25) is 5.02 Å². The van der Waals surface area contributed by atoms with Crippen molar-refractivity contribution in [3.63, 3.8) is 0 Å². The van der Waals surface area contributed by atoms with Crippen molar-refractivity contribution >= 4 is 28.9 Å². The molecule has 9 heteroatoms. The molecule has 1 aromatic heterocycles. The van der Waals surface area contributed by atoms with Gasteiger partial charge in [0.25, 0.3) is 5.69 Å². The Morgan fingerprint density at radius 1 is 1.48 bits per heavy atom. The van der Waals surface area contributed by atoms with Gasteiger partial charge in [-0.15, -0.1) is 0 Å². The standard InChI is InChI=1S/C12H9ClN4O4/c13-10-5-8(17(20)21)4-9(12(18)19)11(10)14-6-7-2-1-3-15-16-7/h1-5,14H,6H2,(H,18,19). The Kier molecular flexibility index (Phi) is 4.29. The molecular weight excluding hydrogens is 300 g/mol. The van der Waals surface area contributed by atoms with E-state index in [1.807, 2.05) is 0 Å². The van der Waals surface area contributed by atoms with Gasteiger partial charge in [0.1, 0.15) is 0 Å². The first-order valence-electron chi connectivity index (χ1n) is 5.70. The predicted octanol–water partition coefficient (Wildman–Crippen LogP) is 2.35. The van der Waals surface area contributed by atoms with Crippen molar-refractivity contribution < 1.29 is 14.8 Å². The number of nitrogens with zero attached hydrogens (tertiary/aromatic N) is 3. The first-order valence-corrected chi connectivity index (χ1v) is 6.08. The number of carbonyl (C=O) groups is 1. The second-order valence-electron chi connectivity index (χ2n) is 3.98.